The fourth-order valence-corrected chi connectivity index (χ4v) is 9.11. The number of carbonyl (C=O) groups is 1. The summed E-state index contributed by atoms with van der Waals surface area (Å²) in [6, 6.07) is 0. The summed E-state index contributed by atoms with van der Waals surface area (Å²) in [5.74, 6) is 5.19. The van der Waals surface area contributed by atoms with E-state index in [4.69, 9.17) is 9.47 Å². The largest absolute Gasteiger partial charge is 0.508 e. The van der Waals surface area contributed by atoms with Gasteiger partial charge in [0.2, 0.25) is 0 Å². The Balaban J connectivity index is 1.41. The Morgan fingerprint density at radius 2 is 1.85 bits per heavy atom. The maximum atomic E-state index is 12.0. The van der Waals surface area contributed by atoms with Crippen molar-refractivity contribution in [3.8, 4) is 0 Å². The number of allylic oxidation sites excluding steroid dienone is 1. The molecule has 0 saturated heterocycles. The van der Waals surface area contributed by atoms with Gasteiger partial charge in [-0.25, -0.2) is 4.79 Å². The molecule has 4 aliphatic carbocycles. The Hall–Kier alpha value is -0.990. The molecule has 3 heteroatoms. The monoisotopic (exact) mass is 472 g/mol. The minimum absolute atomic E-state index is 0.00311. The first kappa shape index (κ1) is 26.1. The van der Waals surface area contributed by atoms with Crippen LogP contribution in [0.25, 0.3) is 0 Å². The van der Waals surface area contributed by atoms with Crippen LogP contribution in [0.4, 0.5) is 4.79 Å². The second kappa shape index (κ2) is 10.6. The third-order valence-electron chi connectivity index (χ3n) is 10.9. The molecule has 0 N–H and O–H groups in total. The molecule has 0 spiro atoms. The van der Waals surface area contributed by atoms with Gasteiger partial charge < -0.3 is 9.47 Å². The van der Waals surface area contributed by atoms with E-state index in [1.54, 1.807) is 5.57 Å². The molecule has 0 aromatic carbocycles. The van der Waals surface area contributed by atoms with Crippen molar-refractivity contribution < 1.29 is 14.3 Å². The van der Waals surface area contributed by atoms with E-state index in [9.17, 15) is 4.79 Å². The molecule has 4 aliphatic rings. The standard InChI is InChI=1S/C31H52O3/c1-7-19-33-29(32)34-24-15-17-30(5)23(20-24)11-12-25-27-14-13-26(22(4)10-8-9-21(2)3)31(27,6)18-16-28(25)30/h11,21-22,24-28H,7-10,12-20H2,1-6H3/t22-,24+,25-,26+,27-,28-,30-,31+/m0/s1. The van der Waals surface area contributed by atoms with Gasteiger partial charge in [0.05, 0.1) is 6.61 Å². The van der Waals surface area contributed by atoms with E-state index in [-0.39, 0.29) is 6.10 Å². The smallest absolute Gasteiger partial charge is 0.434 e. The zero-order valence-electron chi connectivity index (χ0n) is 23.0. The Morgan fingerprint density at radius 3 is 2.59 bits per heavy atom. The summed E-state index contributed by atoms with van der Waals surface area (Å²) < 4.78 is 10.9. The predicted molar refractivity (Wildman–Crippen MR) is 140 cm³/mol. The van der Waals surface area contributed by atoms with Crippen LogP contribution < -0.4 is 0 Å². The molecule has 0 aliphatic heterocycles. The van der Waals surface area contributed by atoms with Gasteiger partial charge >= 0.3 is 6.16 Å². The van der Waals surface area contributed by atoms with Crippen molar-refractivity contribution >= 4 is 6.16 Å². The number of rotatable bonds is 8. The summed E-state index contributed by atoms with van der Waals surface area (Å²) >= 11 is 0. The van der Waals surface area contributed by atoms with Gasteiger partial charge in [0.15, 0.2) is 0 Å². The first-order valence-electron chi connectivity index (χ1n) is 14.7. The first-order chi connectivity index (χ1) is 16.2. The molecule has 34 heavy (non-hydrogen) atoms. The molecule has 3 fully saturated rings. The molecular weight excluding hydrogens is 420 g/mol. The molecule has 0 bridgehead atoms. The Kier molecular flexibility index (Phi) is 8.10. The minimum Gasteiger partial charge on any atom is -0.434 e. The Labute approximate surface area is 209 Å². The van der Waals surface area contributed by atoms with Gasteiger partial charge in [-0.3, -0.25) is 0 Å². The molecule has 0 aromatic rings. The molecule has 3 saturated carbocycles. The van der Waals surface area contributed by atoms with Gasteiger partial charge in [0, 0.05) is 6.42 Å². The zero-order chi connectivity index (χ0) is 24.5. The van der Waals surface area contributed by atoms with E-state index in [0.717, 1.165) is 61.2 Å². The van der Waals surface area contributed by atoms with E-state index >= 15 is 0 Å². The van der Waals surface area contributed by atoms with Gasteiger partial charge in [-0.15, -0.1) is 0 Å². The SMILES string of the molecule is CCCOC(=O)O[C@@H]1CC[C@@]2(C)C(=CC[C@H]3[C@@H]4CC[C@H]([C@@H](C)CCCC(C)C)[C@@]4(C)CC[C@@H]32)C1. The minimum atomic E-state index is -0.474. The predicted octanol–water partition coefficient (Wildman–Crippen LogP) is 8.96. The van der Waals surface area contributed by atoms with Gasteiger partial charge in [-0.1, -0.05) is 72.5 Å². The number of fused-ring (bicyclic) bond motifs is 5. The van der Waals surface area contributed by atoms with Crippen molar-refractivity contribution in [1.29, 1.82) is 0 Å². The Morgan fingerprint density at radius 1 is 1.06 bits per heavy atom. The zero-order valence-corrected chi connectivity index (χ0v) is 23.0. The van der Waals surface area contributed by atoms with Crippen molar-refractivity contribution in [2.24, 2.45) is 46.3 Å². The van der Waals surface area contributed by atoms with Crippen molar-refractivity contribution in [3.63, 3.8) is 0 Å². The highest BCUT2D eigenvalue weighted by molar-refractivity contribution is 5.60. The third-order valence-corrected chi connectivity index (χ3v) is 10.9. The molecule has 0 unspecified atom stereocenters. The summed E-state index contributed by atoms with van der Waals surface area (Å²) in [6.45, 7) is 15.0. The highest BCUT2D eigenvalue weighted by Gasteiger charge is 2.59. The van der Waals surface area contributed by atoms with Crippen LogP contribution in [0, 0.1) is 46.3 Å². The molecule has 0 aromatic heterocycles. The van der Waals surface area contributed by atoms with E-state index in [1.165, 1.54) is 51.4 Å². The molecule has 0 radical (unpaired) electrons. The lowest BCUT2D eigenvalue weighted by Gasteiger charge is -2.58. The maximum absolute atomic E-state index is 12.0. The van der Waals surface area contributed by atoms with Crippen LogP contribution in [0.15, 0.2) is 11.6 Å². The number of hydrogen-bond acceptors (Lipinski definition) is 3. The van der Waals surface area contributed by atoms with Crippen molar-refractivity contribution in [3.05, 3.63) is 11.6 Å². The summed E-state index contributed by atoms with van der Waals surface area (Å²) in [5.41, 5.74) is 2.43. The molecule has 0 heterocycles. The lowest BCUT2D eigenvalue weighted by atomic mass is 9.47. The maximum Gasteiger partial charge on any atom is 0.508 e. The number of ether oxygens (including phenoxy) is 2. The molecule has 0 amide bonds. The second-order valence-electron chi connectivity index (χ2n) is 13.4. The number of hydrogen-bond donors (Lipinski definition) is 0. The van der Waals surface area contributed by atoms with E-state index in [1.807, 2.05) is 6.92 Å². The van der Waals surface area contributed by atoms with E-state index in [0.29, 0.717) is 17.4 Å². The number of carbonyl (C=O) groups excluding carboxylic acids is 1. The first-order valence-corrected chi connectivity index (χ1v) is 14.7. The van der Waals surface area contributed by atoms with Gasteiger partial charge in [0.25, 0.3) is 0 Å². The van der Waals surface area contributed by atoms with Crippen LogP contribution in [0.5, 0.6) is 0 Å². The molecule has 3 nitrogen and oxygen atoms in total. The third kappa shape index (κ3) is 4.96. The van der Waals surface area contributed by atoms with Crippen LogP contribution in [-0.4, -0.2) is 18.9 Å². The summed E-state index contributed by atoms with van der Waals surface area (Å²) in [4.78, 5) is 12.0. The van der Waals surface area contributed by atoms with Crippen LogP contribution in [0.2, 0.25) is 0 Å². The van der Waals surface area contributed by atoms with Crippen molar-refractivity contribution in [2.45, 2.75) is 125 Å². The van der Waals surface area contributed by atoms with Crippen LogP contribution in [0.1, 0.15) is 119 Å². The highest BCUT2D eigenvalue weighted by atomic mass is 16.7. The van der Waals surface area contributed by atoms with Crippen LogP contribution >= 0.6 is 0 Å². The quantitative estimate of drug-likeness (QED) is 0.261. The summed E-state index contributed by atoms with van der Waals surface area (Å²) in [7, 11) is 0. The second-order valence-corrected chi connectivity index (χ2v) is 13.4. The van der Waals surface area contributed by atoms with Gasteiger partial charge in [-0.05, 0) is 97.7 Å². The fraction of sp³-hybridized carbons (Fsp3) is 0.903. The van der Waals surface area contributed by atoms with Crippen molar-refractivity contribution in [2.75, 3.05) is 6.61 Å². The lowest BCUT2D eigenvalue weighted by molar-refractivity contribution is -0.0616. The van der Waals surface area contributed by atoms with E-state index < -0.39 is 6.16 Å². The normalized spacial score (nSPS) is 40.1. The fourth-order valence-electron chi connectivity index (χ4n) is 9.11. The molecular formula is C31H52O3. The van der Waals surface area contributed by atoms with Crippen LogP contribution in [-0.2, 0) is 9.47 Å². The lowest BCUT2D eigenvalue weighted by Crippen LogP contribution is -2.51. The average molecular weight is 473 g/mol. The topological polar surface area (TPSA) is 35.5 Å². The summed E-state index contributed by atoms with van der Waals surface area (Å²) in [6.07, 6.45) is 17.2. The highest BCUT2D eigenvalue weighted by Crippen LogP contribution is 2.67. The van der Waals surface area contributed by atoms with Gasteiger partial charge in [-0.2, -0.15) is 0 Å². The average Bonchev–Trinajstić information content (AvgIpc) is 3.15. The molecule has 194 valence electrons. The Bertz CT molecular complexity index is 741. The van der Waals surface area contributed by atoms with Gasteiger partial charge in [0.1, 0.15) is 6.10 Å². The van der Waals surface area contributed by atoms with Crippen molar-refractivity contribution in [1.82, 2.24) is 0 Å². The van der Waals surface area contributed by atoms with Crippen LogP contribution in [0.3, 0.4) is 0 Å². The summed E-state index contributed by atoms with van der Waals surface area (Å²) in [5, 5.41) is 0. The van der Waals surface area contributed by atoms with E-state index in [2.05, 4.69) is 40.7 Å². The molecule has 8 atom stereocenters. The molecule has 4 rings (SSSR count).